The fourth-order valence-corrected chi connectivity index (χ4v) is 1.04. The van der Waals surface area contributed by atoms with Crippen molar-refractivity contribution in [3.63, 3.8) is 0 Å². The van der Waals surface area contributed by atoms with Crippen molar-refractivity contribution in [3.8, 4) is 0 Å². The standard InChI is InChI=1S/C6H11BF3/c8-7(9,10)5-1-2-6-3-4-6/h6H,1-5H2/q-1. The predicted octanol–water partition coefficient (Wildman–Crippen LogP) is 3.02. The van der Waals surface area contributed by atoms with Crippen molar-refractivity contribution in [2.24, 2.45) is 5.92 Å². The first-order chi connectivity index (χ1) is 4.58. The highest BCUT2D eigenvalue weighted by molar-refractivity contribution is 6.58. The van der Waals surface area contributed by atoms with Crippen LogP contribution in [0, 0.1) is 5.92 Å². The summed E-state index contributed by atoms with van der Waals surface area (Å²) < 4.78 is 34.8. The molecule has 0 aromatic carbocycles. The summed E-state index contributed by atoms with van der Waals surface area (Å²) >= 11 is 0. The van der Waals surface area contributed by atoms with Crippen LogP contribution in [0.1, 0.15) is 25.7 Å². The van der Waals surface area contributed by atoms with Gasteiger partial charge in [0.15, 0.2) is 0 Å². The highest BCUT2D eigenvalue weighted by Gasteiger charge is 2.25. The molecule has 0 spiro atoms. The molecule has 0 aromatic rings. The average molecular weight is 151 g/mol. The molecule has 0 bridgehead atoms. The molecule has 0 N–H and O–H groups in total. The molecule has 1 aliphatic rings. The zero-order valence-corrected chi connectivity index (χ0v) is 5.82. The summed E-state index contributed by atoms with van der Waals surface area (Å²) in [6.07, 6.45) is 2.93. The number of rotatable bonds is 4. The number of hydrogen-bond acceptors (Lipinski definition) is 0. The fourth-order valence-electron chi connectivity index (χ4n) is 1.04. The zero-order valence-electron chi connectivity index (χ0n) is 5.82. The molecule has 0 radical (unpaired) electrons. The van der Waals surface area contributed by atoms with E-state index in [4.69, 9.17) is 0 Å². The summed E-state index contributed by atoms with van der Waals surface area (Å²) in [6, 6.07) is 0. The Labute approximate surface area is 58.9 Å². The van der Waals surface area contributed by atoms with Gasteiger partial charge in [-0.2, -0.15) is 0 Å². The third-order valence-electron chi connectivity index (χ3n) is 1.84. The van der Waals surface area contributed by atoms with E-state index in [9.17, 15) is 12.9 Å². The first-order valence-electron chi connectivity index (χ1n) is 3.79. The molecule has 0 amide bonds. The van der Waals surface area contributed by atoms with Gasteiger partial charge in [-0.25, -0.2) is 0 Å². The molecule has 0 saturated heterocycles. The van der Waals surface area contributed by atoms with Crippen molar-refractivity contribution < 1.29 is 12.9 Å². The van der Waals surface area contributed by atoms with E-state index in [-0.39, 0.29) is 0 Å². The van der Waals surface area contributed by atoms with E-state index < -0.39 is 13.3 Å². The van der Waals surface area contributed by atoms with Gasteiger partial charge in [0.05, 0.1) is 0 Å². The van der Waals surface area contributed by atoms with Gasteiger partial charge < -0.3 is 12.9 Å². The van der Waals surface area contributed by atoms with Crippen LogP contribution < -0.4 is 0 Å². The largest absolute Gasteiger partial charge is 0.478 e. The van der Waals surface area contributed by atoms with Crippen molar-refractivity contribution in [2.45, 2.75) is 32.0 Å². The van der Waals surface area contributed by atoms with E-state index in [1.54, 1.807) is 0 Å². The van der Waals surface area contributed by atoms with Crippen LogP contribution in [0.15, 0.2) is 0 Å². The fraction of sp³-hybridized carbons (Fsp3) is 1.00. The minimum Gasteiger partial charge on any atom is -0.449 e. The second-order valence-corrected chi connectivity index (χ2v) is 3.08. The molecular formula is C6H11BF3-. The SMILES string of the molecule is F[B-](F)(F)CCCC1CC1. The van der Waals surface area contributed by atoms with E-state index in [0.717, 1.165) is 19.3 Å². The third-order valence-corrected chi connectivity index (χ3v) is 1.84. The molecule has 60 valence electrons. The molecule has 0 unspecified atom stereocenters. The molecule has 0 aromatic heterocycles. The zero-order chi connectivity index (χ0) is 7.61. The maximum Gasteiger partial charge on any atom is 0.478 e. The third kappa shape index (κ3) is 3.80. The molecule has 0 atom stereocenters. The molecule has 1 fully saturated rings. The summed E-state index contributed by atoms with van der Waals surface area (Å²) in [4.78, 5) is 0. The lowest BCUT2D eigenvalue weighted by atomic mass is 9.83. The summed E-state index contributed by atoms with van der Waals surface area (Å²) in [5.41, 5.74) is 0. The molecule has 1 saturated carbocycles. The van der Waals surface area contributed by atoms with Crippen molar-refractivity contribution in [1.82, 2.24) is 0 Å². The van der Waals surface area contributed by atoms with Crippen molar-refractivity contribution >= 4 is 6.98 Å². The van der Waals surface area contributed by atoms with Gasteiger partial charge in [-0.3, -0.25) is 0 Å². The second kappa shape index (κ2) is 2.85. The lowest BCUT2D eigenvalue weighted by molar-refractivity contribution is 0.459. The Morgan fingerprint density at radius 3 is 2.20 bits per heavy atom. The summed E-state index contributed by atoms with van der Waals surface area (Å²) in [7, 11) is 0. The Kier molecular flexibility index (Phi) is 2.26. The normalized spacial score (nSPS) is 19.5. The van der Waals surface area contributed by atoms with Crippen LogP contribution in [0.2, 0.25) is 6.32 Å². The number of halogens is 3. The Morgan fingerprint density at radius 1 is 1.20 bits per heavy atom. The van der Waals surface area contributed by atoms with E-state index in [2.05, 4.69) is 0 Å². The second-order valence-electron chi connectivity index (χ2n) is 3.08. The van der Waals surface area contributed by atoms with Crippen molar-refractivity contribution in [3.05, 3.63) is 0 Å². The van der Waals surface area contributed by atoms with Gasteiger partial charge in [-0.15, -0.1) is 0 Å². The molecule has 0 nitrogen and oxygen atoms in total. The molecule has 1 rings (SSSR count). The van der Waals surface area contributed by atoms with E-state index >= 15 is 0 Å². The van der Waals surface area contributed by atoms with Crippen molar-refractivity contribution in [2.75, 3.05) is 0 Å². The summed E-state index contributed by atoms with van der Waals surface area (Å²) in [6.45, 7) is -4.50. The van der Waals surface area contributed by atoms with Crippen LogP contribution in [-0.4, -0.2) is 6.98 Å². The first-order valence-corrected chi connectivity index (χ1v) is 3.79. The summed E-state index contributed by atoms with van der Waals surface area (Å²) in [5, 5.41) is 0. The molecule has 4 heteroatoms. The Balaban J connectivity index is 1.93. The first kappa shape index (κ1) is 7.96. The Bertz CT molecular complexity index is 106. The molecule has 0 aliphatic heterocycles. The van der Waals surface area contributed by atoms with Crippen LogP contribution >= 0.6 is 0 Å². The topological polar surface area (TPSA) is 0 Å². The molecule has 1 aliphatic carbocycles. The monoisotopic (exact) mass is 151 g/mol. The van der Waals surface area contributed by atoms with Crippen LogP contribution in [0.4, 0.5) is 12.9 Å². The highest BCUT2D eigenvalue weighted by Crippen LogP contribution is 2.35. The van der Waals surface area contributed by atoms with Gasteiger partial charge in [-0.1, -0.05) is 32.0 Å². The Hall–Kier alpha value is -0.145. The molecule has 0 heterocycles. The van der Waals surface area contributed by atoms with Gasteiger partial charge in [0.25, 0.3) is 0 Å². The average Bonchev–Trinajstić information content (AvgIpc) is 2.45. The minimum absolute atomic E-state index is 0.355. The van der Waals surface area contributed by atoms with Gasteiger partial charge >= 0.3 is 6.98 Å². The predicted molar refractivity (Wildman–Crippen MR) is 35.8 cm³/mol. The van der Waals surface area contributed by atoms with Gasteiger partial charge in [0.1, 0.15) is 0 Å². The minimum atomic E-state index is -4.50. The molecular weight excluding hydrogens is 140 g/mol. The van der Waals surface area contributed by atoms with Crippen LogP contribution in [0.25, 0.3) is 0 Å². The quantitative estimate of drug-likeness (QED) is 0.541. The van der Waals surface area contributed by atoms with E-state index in [0.29, 0.717) is 12.3 Å². The van der Waals surface area contributed by atoms with E-state index in [1.165, 1.54) is 0 Å². The van der Waals surface area contributed by atoms with Gasteiger partial charge in [0, 0.05) is 0 Å². The van der Waals surface area contributed by atoms with Crippen LogP contribution in [0.3, 0.4) is 0 Å². The van der Waals surface area contributed by atoms with E-state index in [1.807, 2.05) is 0 Å². The summed E-state index contributed by atoms with van der Waals surface area (Å²) in [5.74, 6) is 0.637. The smallest absolute Gasteiger partial charge is 0.449 e. The lowest BCUT2D eigenvalue weighted by Crippen LogP contribution is -2.13. The van der Waals surface area contributed by atoms with Gasteiger partial charge in [-0.05, 0) is 5.92 Å². The van der Waals surface area contributed by atoms with Gasteiger partial charge in [0.2, 0.25) is 0 Å². The van der Waals surface area contributed by atoms with Crippen molar-refractivity contribution in [1.29, 1.82) is 0 Å². The lowest BCUT2D eigenvalue weighted by Gasteiger charge is -2.11. The van der Waals surface area contributed by atoms with Crippen LogP contribution in [-0.2, 0) is 0 Å². The maximum absolute atomic E-state index is 11.6. The Morgan fingerprint density at radius 2 is 1.80 bits per heavy atom. The molecule has 10 heavy (non-hydrogen) atoms. The van der Waals surface area contributed by atoms with Crippen LogP contribution in [0.5, 0.6) is 0 Å². The number of hydrogen-bond donors (Lipinski definition) is 0. The highest BCUT2D eigenvalue weighted by atomic mass is 19.4. The maximum atomic E-state index is 11.6.